The molecule has 1 aliphatic carbocycles. The van der Waals surface area contributed by atoms with Gasteiger partial charge in [-0.1, -0.05) is 45.0 Å². The first-order valence-electron chi connectivity index (χ1n) is 12.8. The predicted molar refractivity (Wildman–Crippen MR) is 138 cm³/mol. The summed E-state index contributed by atoms with van der Waals surface area (Å²) in [7, 11) is 1.71. The molecule has 8 heteroatoms. The van der Waals surface area contributed by atoms with Crippen molar-refractivity contribution in [2.75, 3.05) is 13.6 Å². The zero-order valence-electron chi connectivity index (χ0n) is 21.7. The third-order valence-corrected chi connectivity index (χ3v) is 7.79. The van der Waals surface area contributed by atoms with E-state index in [0.717, 1.165) is 19.3 Å². The molecule has 36 heavy (non-hydrogen) atoms. The quantitative estimate of drug-likeness (QED) is 0.573. The van der Waals surface area contributed by atoms with E-state index in [1.165, 1.54) is 12.1 Å². The Balaban J connectivity index is 1.55. The van der Waals surface area contributed by atoms with Crippen LogP contribution < -0.4 is 16.0 Å². The number of fused-ring (bicyclic) bond motifs is 2. The highest BCUT2D eigenvalue weighted by Crippen LogP contribution is 2.39. The third-order valence-electron chi connectivity index (χ3n) is 7.79. The van der Waals surface area contributed by atoms with Gasteiger partial charge < -0.3 is 20.9 Å². The van der Waals surface area contributed by atoms with Crippen molar-refractivity contribution >= 4 is 28.5 Å². The van der Waals surface area contributed by atoms with Crippen molar-refractivity contribution < 1.29 is 18.8 Å². The topological polar surface area (TPSA) is 90.5 Å². The Morgan fingerprint density at radius 2 is 1.72 bits per heavy atom. The monoisotopic (exact) mass is 496 g/mol. The number of benzene rings is 2. The van der Waals surface area contributed by atoms with Crippen LogP contribution in [-0.4, -0.2) is 60.4 Å². The number of hydrogen-bond donors (Lipinski definition) is 3. The van der Waals surface area contributed by atoms with Crippen molar-refractivity contribution in [3.05, 3.63) is 47.8 Å². The van der Waals surface area contributed by atoms with E-state index >= 15 is 0 Å². The number of likely N-dealkylation sites (N-methyl/N-ethyl adjacent to an activating group) is 1. The molecule has 2 aromatic carbocycles. The maximum atomic E-state index is 14.3. The second kappa shape index (κ2) is 10.2. The van der Waals surface area contributed by atoms with Crippen LogP contribution in [0.5, 0.6) is 0 Å². The van der Waals surface area contributed by atoms with Crippen LogP contribution in [0.4, 0.5) is 4.39 Å². The zero-order chi connectivity index (χ0) is 26.2. The molecule has 5 atom stereocenters. The zero-order valence-corrected chi connectivity index (χ0v) is 21.7. The lowest BCUT2D eigenvalue weighted by Gasteiger charge is -2.38. The van der Waals surface area contributed by atoms with E-state index in [1.54, 1.807) is 38.2 Å². The van der Waals surface area contributed by atoms with Crippen LogP contribution in [0.1, 0.15) is 57.3 Å². The standard InChI is InChI=1S/C28H37FN4O3/c1-16(30-5)25(34)32-24(28(2,3)4)27(36)33-15-14-17-10-13-22(23(17)33)31-26(35)20-11-12-21(29)19-9-7-6-8-18(19)20/h6-9,11-12,16-17,22-24,30H,10,13-15H2,1-5H3,(H,31,35)(H,32,34)/t16-,17?,22?,23?,24?/m0/s1. The first kappa shape index (κ1) is 26.1. The second-order valence-corrected chi connectivity index (χ2v) is 11.2. The average Bonchev–Trinajstić information content (AvgIpc) is 3.44. The molecule has 0 radical (unpaired) electrons. The molecule has 194 valence electrons. The highest BCUT2D eigenvalue weighted by Gasteiger charge is 2.49. The van der Waals surface area contributed by atoms with Gasteiger partial charge in [0.25, 0.3) is 5.91 Å². The number of likely N-dealkylation sites (tertiary alicyclic amines) is 1. The molecular formula is C28H37FN4O3. The molecule has 2 aromatic rings. The third kappa shape index (κ3) is 4.96. The Bertz CT molecular complexity index is 1160. The Morgan fingerprint density at radius 1 is 1.03 bits per heavy atom. The minimum absolute atomic E-state index is 0.111. The smallest absolute Gasteiger partial charge is 0.252 e. The van der Waals surface area contributed by atoms with Gasteiger partial charge in [-0.2, -0.15) is 0 Å². The van der Waals surface area contributed by atoms with Gasteiger partial charge in [0.1, 0.15) is 11.9 Å². The fraction of sp³-hybridized carbons (Fsp3) is 0.536. The van der Waals surface area contributed by atoms with Crippen molar-refractivity contribution in [3.63, 3.8) is 0 Å². The van der Waals surface area contributed by atoms with E-state index < -0.39 is 17.5 Å². The molecule has 0 aromatic heterocycles. The summed E-state index contributed by atoms with van der Waals surface area (Å²) in [4.78, 5) is 41.7. The summed E-state index contributed by atoms with van der Waals surface area (Å²) in [5.41, 5.74) is -0.0601. The van der Waals surface area contributed by atoms with E-state index in [-0.39, 0.29) is 35.6 Å². The minimum atomic E-state index is -0.683. The summed E-state index contributed by atoms with van der Waals surface area (Å²) in [6.45, 7) is 8.19. The normalized spacial score (nSPS) is 23.3. The number of halogens is 1. The van der Waals surface area contributed by atoms with E-state index in [4.69, 9.17) is 0 Å². The van der Waals surface area contributed by atoms with Crippen LogP contribution in [0.15, 0.2) is 36.4 Å². The molecule has 4 rings (SSSR count). The van der Waals surface area contributed by atoms with E-state index in [1.807, 2.05) is 25.7 Å². The molecule has 2 aliphatic rings. The van der Waals surface area contributed by atoms with Gasteiger partial charge in [-0.05, 0) is 62.1 Å². The minimum Gasteiger partial charge on any atom is -0.347 e. The molecule has 1 aliphatic heterocycles. The molecular weight excluding hydrogens is 459 g/mol. The van der Waals surface area contributed by atoms with Crippen LogP contribution >= 0.6 is 0 Å². The highest BCUT2D eigenvalue weighted by atomic mass is 19.1. The Kier molecular flexibility index (Phi) is 7.36. The first-order chi connectivity index (χ1) is 17.0. The van der Waals surface area contributed by atoms with Gasteiger partial charge in [0, 0.05) is 23.5 Å². The number of nitrogens with zero attached hydrogens (tertiary/aromatic N) is 1. The van der Waals surface area contributed by atoms with Gasteiger partial charge in [-0.25, -0.2) is 4.39 Å². The van der Waals surface area contributed by atoms with Crippen molar-refractivity contribution in [1.82, 2.24) is 20.9 Å². The summed E-state index contributed by atoms with van der Waals surface area (Å²) < 4.78 is 14.3. The number of carbonyl (C=O) groups excluding carboxylic acids is 3. The molecule has 0 bridgehead atoms. The lowest BCUT2D eigenvalue weighted by molar-refractivity contribution is -0.141. The van der Waals surface area contributed by atoms with Gasteiger partial charge in [0.2, 0.25) is 11.8 Å². The Hall–Kier alpha value is -3.00. The Morgan fingerprint density at radius 3 is 2.39 bits per heavy atom. The summed E-state index contributed by atoms with van der Waals surface area (Å²) in [5, 5.41) is 10.0. The lowest BCUT2D eigenvalue weighted by Crippen LogP contribution is -2.60. The highest BCUT2D eigenvalue weighted by molar-refractivity contribution is 6.07. The number of carbonyl (C=O) groups is 3. The van der Waals surface area contributed by atoms with Crippen molar-refractivity contribution in [2.45, 2.75) is 71.1 Å². The van der Waals surface area contributed by atoms with Crippen LogP contribution in [0, 0.1) is 17.2 Å². The molecule has 1 saturated heterocycles. The van der Waals surface area contributed by atoms with Crippen molar-refractivity contribution in [1.29, 1.82) is 0 Å². The first-order valence-corrected chi connectivity index (χ1v) is 12.8. The average molecular weight is 497 g/mol. The maximum Gasteiger partial charge on any atom is 0.252 e. The van der Waals surface area contributed by atoms with E-state index in [2.05, 4.69) is 16.0 Å². The fourth-order valence-corrected chi connectivity index (χ4v) is 5.64. The van der Waals surface area contributed by atoms with Crippen molar-refractivity contribution in [2.24, 2.45) is 11.3 Å². The molecule has 7 nitrogen and oxygen atoms in total. The van der Waals surface area contributed by atoms with Crippen LogP contribution in [-0.2, 0) is 9.59 Å². The van der Waals surface area contributed by atoms with Crippen LogP contribution in [0.25, 0.3) is 10.8 Å². The number of amides is 3. The Labute approximate surface area is 212 Å². The van der Waals surface area contributed by atoms with Crippen LogP contribution in [0.3, 0.4) is 0 Å². The van der Waals surface area contributed by atoms with Gasteiger partial charge in [-0.15, -0.1) is 0 Å². The summed E-state index contributed by atoms with van der Waals surface area (Å²) in [5.74, 6) is -0.657. The molecule has 0 spiro atoms. The molecule has 2 fully saturated rings. The summed E-state index contributed by atoms with van der Waals surface area (Å²) in [6, 6.07) is 8.36. The van der Waals surface area contributed by atoms with Gasteiger partial charge >= 0.3 is 0 Å². The van der Waals surface area contributed by atoms with Gasteiger partial charge in [0.05, 0.1) is 12.1 Å². The molecule has 3 amide bonds. The predicted octanol–water partition coefficient (Wildman–Crippen LogP) is 3.23. The molecule has 1 heterocycles. The maximum absolute atomic E-state index is 14.3. The molecule has 4 unspecified atom stereocenters. The largest absolute Gasteiger partial charge is 0.347 e. The van der Waals surface area contributed by atoms with Gasteiger partial charge in [0.15, 0.2) is 0 Å². The van der Waals surface area contributed by atoms with Gasteiger partial charge in [-0.3, -0.25) is 14.4 Å². The SMILES string of the molecule is CN[C@@H](C)C(=O)NC(C(=O)N1CCC2CCC(NC(=O)c3ccc(F)c4ccccc34)C21)C(C)(C)C. The number of rotatable bonds is 6. The number of nitrogens with one attached hydrogen (secondary N) is 3. The summed E-state index contributed by atoms with van der Waals surface area (Å²) in [6.07, 6.45) is 2.57. The molecule has 1 saturated carbocycles. The second-order valence-electron chi connectivity index (χ2n) is 11.2. The summed E-state index contributed by atoms with van der Waals surface area (Å²) >= 11 is 0. The number of hydrogen-bond acceptors (Lipinski definition) is 4. The lowest BCUT2D eigenvalue weighted by atomic mass is 9.85. The molecule has 3 N–H and O–H groups in total. The van der Waals surface area contributed by atoms with Crippen molar-refractivity contribution in [3.8, 4) is 0 Å². The van der Waals surface area contributed by atoms with E-state index in [0.29, 0.717) is 28.8 Å². The van der Waals surface area contributed by atoms with Crippen LogP contribution in [0.2, 0.25) is 0 Å². The fourth-order valence-electron chi connectivity index (χ4n) is 5.64. The van der Waals surface area contributed by atoms with E-state index in [9.17, 15) is 18.8 Å².